The molecule has 30 heavy (non-hydrogen) atoms. The summed E-state index contributed by atoms with van der Waals surface area (Å²) >= 11 is 0. The van der Waals surface area contributed by atoms with E-state index in [2.05, 4.69) is 48.5 Å². The Morgan fingerprint density at radius 1 is 0.467 bits per heavy atom. The third-order valence-electron chi connectivity index (χ3n) is 3.86. The van der Waals surface area contributed by atoms with Crippen LogP contribution < -0.4 is 0 Å². The van der Waals surface area contributed by atoms with E-state index in [9.17, 15) is 0 Å². The first kappa shape index (κ1) is 31.3. The van der Waals surface area contributed by atoms with Crippen molar-refractivity contribution in [3.63, 3.8) is 0 Å². The van der Waals surface area contributed by atoms with Crippen LogP contribution in [-0.2, 0) is 78.3 Å². The van der Waals surface area contributed by atoms with Crippen molar-refractivity contribution in [3.8, 4) is 0 Å². The number of rotatable bonds is 4. The SMILES string of the molecule is C.[CH3-].[Y+3].[Y].[c-]1ccccc1Cc1[c-]cccc1.[c-]1ccccc1Cc1[c-]cccc1. The van der Waals surface area contributed by atoms with Crippen LogP contribution in [-0.4, -0.2) is 0 Å². The monoisotopic (exact) mass is 541 g/mol. The second-order valence-corrected chi connectivity index (χ2v) is 5.90. The van der Waals surface area contributed by atoms with Crippen LogP contribution in [0.25, 0.3) is 0 Å². The fraction of sp³-hybridized carbons (Fsp3) is 0.107. The van der Waals surface area contributed by atoms with E-state index in [0.29, 0.717) is 0 Å². The van der Waals surface area contributed by atoms with Gasteiger partial charge in [-0.15, -0.1) is 0 Å². The minimum absolute atomic E-state index is 0. The molecule has 0 heterocycles. The molecule has 0 aliphatic carbocycles. The smallest absolute Gasteiger partial charge is 0.358 e. The van der Waals surface area contributed by atoms with Gasteiger partial charge in [0.25, 0.3) is 0 Å². The van der Waals surface area contributed by atoms with E-state index in [0.717, 1.165) is 12.8 Å². The van der Waals surface area contributed by atoms with Gasteiger partial charge in [0.1, 0.15) is 0 Å². The number of hydrogen-bond donors (Lipinski definition) is 0. The van der Waals surface area contributed by atoms with Gasteiger partial charge in [0.05, 0.1) is 0 Å². The van der Waals surface area contributed by atoms with Crippen LogP contribution in [0.4, 0.5) is 0 Å². The van der Waals surface area contributed by atoms with Crippen molar-refractivity contribution in [3.05, 3.63) is 151 Å². The summed E-state index contributed by atoms with van der Waals surface area (Å²) in [6, 6.07) is 45.0. The molecule has 4 aromatic carbocycles. The molecule has 4 aromatic rings. The van der Waals surface area contributed by atoms with Gasteiger partial charge in [0, 0.05) is 32.7 Å². The summed E-state index contributed by atoms with van der Waals surface area (Å²) in [5.74, 6) is 0. The second-order valence-electron chi connectivity index (χ2n) is 5.90. The van der Waals surface area contributed by atoms with E-state index in [1.54, 1.807) is 0 Å². The minimum atomic E-state index is 0. The van der Waals surface area contributed by atoms with Crippen molar-refractivity contribution in [2.24, 2.45) is 0 Å². The summed E-state index contributed by atoms with van der Waals surface area (Å²) < 4.78 is 0. The molecule has 0 bridgehead atoms. The minimum Gasteiger partial charge on any atom is -0.358 e. The number of hydrogen-bond acceptors (Lipinski definition) is 0. The first-order valence-corrected chi connectivity index (χ1v) is 8.72. The molecular formula is C28H27Y2-2. The van der Waals surface area contributed by atoms with Crippen molar-refractivity contribution in [2.75, 3.05) is 0 Å². The molecular weight excluding hydrogens is 514 g/mol. The normalized spacial score (nSPS) is 8.53. The van der Waals surface area contributed by atoms with Crippen molar-refractivity contribution in [1.29, 1.82) is 0 Å². The van der Waals surface area contributed by atoms with Crippen LogP contribution in [0, 0.1) is 31.7 Å². The molecule has 1 radical (unpaired) electrons. The van der Waals surface area contributed by atoms with Crippen LogP contribution in [0.15, 0.2) is 97.1 Å². The molecule has 4 rings (SSSR count). The Labute approximate surface area is 234 Å². The third-order valence-corrected chi connectivity index (χ3v) is 3.86. The van der Waals surface area contributed by atoms with Crippen molar-refractivity contribution < 1.29 is 65.4 Å². The van der Waals surface area contributed by atoms with Gasteiger partial charge in [-0.2, -0.15) is 144 Å². The molecule has 147 valence electrons. The van der Waals surface area contributed by atoms with Gasteiger partial charge in [0.2, 0.25) is 0 Å². The maximum Gasteiger partial charge on any atom is 3.00 e. The Kier molecular flexibility index (Phi) is 19.6. The Hall–Kier alpha value is -0.912. The molecule has 0 atom stereocenters. The molecule has 0 spiro atoms. The van der Waals surface area contributed by atoms with E-state index in [1.807, 2.05) is 72.8 Å². The topological polar surface area (TPSA) is 0 Å². The fourth-order valence-corrected chi connectivity index (χ4v) is 2.57. The predicted octanol–water partition coefficient (Wildman–Crippen LogP) is 6.84. The third kappa shape index (κ3) is 12.1. The average molecular weight is 541 g/mol. The molecule has 0 unspecified atom stereocenters. The van der Waals surface area contributed by atoms with Crippen molar-refractivity contribution in [2.45, 2.75) is 20.3 Å². The Morgan fingerprint density at radius 3 is 0.867 bits per heavy atom. The van der Waals surface area contributed by atoms with Crippen LogP contribution in [0.2, 0.25) is 0 Å². The fourth-order valence-electron chi connectivity index (χ4n) is 2.57. The second kappa shape index (κ2) is 18.8. The summed E-state index contributed by atoms with van der Waals surface area (Å²) in [7, 11) is 0. The van der Waals surface area contributed by atoms with Crippen molar-refractivity contribution in [1.82, 2.24) is 0 Å². The molecule has 0 aliphatic heterocycles. The maximum absolute atomic E-state index is 3.20. The molecule has 0 aromatic heterocycles. The van der Waals surface area contributed by atoms with Crippen LogP contribution >= 0.6 is 0 Å². The molecule has 0 nitrogen and oxygen atoms in total. The summed E-state index contributed by atoms with van der Waals surface area (Å²) in [4.78, 5) is 0. The van der Waals surface area contributed by atoms with Gasteiger partial charge in [0.15, 0.2) is 0 Å². The van der Waals surface area contributed by atoms with Gasteiger partial charge in [-0.05, 0) is 12.8 Å². The molecule has 0 N–H and O–H groups in total. The molecule has 0 saturated carbocycles. The van der Waals surface area contributed by atoms with E-state index in [4.69, 9.17) is 0 Å². The van der Waals surface area contributed by atoms with E-state index < -0.39 is 0 Å². The summed E-state index contributed by atoms with van der Waals surface area (Å²) in [6.07, 6.45) is 1.84. The quantitative estimate of drug-likeness (QED) is 0.249. The first-order chi connectivity index (χ1) is 12.9. The summed E-state index contributed by atoms with van der Waals surface area (Å²) in [5.41, 5.74) is 4.85. The molecule has 0 aliphatic rings. The Balaban J connectivity index is 0. The Morgan fingerprint density at radius 2 is 0.700 bits per heavy atom. The molecule has 0 fully saturated rings. The van der Waals surface area contributed by atoms with Crippen LogP contribution in [0.3, 0.4) is 0 Å². The largest absolute Gasteiger partial charge is 3.00 e. The molecule has 2 heteroatoms. The van der Waals surface area contributed by atoms with Crippen LogP contribution in [0.1, 0.15) is 29.7 Å². The van der Waals surface area contributed by atoms with Gasteiger partial charge < -0.3 is 7.43 Å². The summed E-state index contributed by atoms with van der Waals surface area (Å²) in [5, 5.41) is 0. The van der Waals surface area contributed by atoms with Gasteiger partial charge in [-0.3, -0.25) is 0 Å². The molecule has 0 saturated heterocycles. The maximum atomic E-state index is 3.20. The zero-order valence-electron chi connectivity index (χ0n) is 16.8. The number of benzene rings is 4. The summed E-state index contributed by atoms with van der Waals surface area (Å²) in [6.45, 7) is 0. The van der Waals surface area contributed by atoms with Crippen molar-refractivity contribution >= 4 is 0 Å². The zero-order valence-corrected chi connectivity index (χ0v) is 22.5. The Bertz CT molecular complexity index is 709. The van der Waals surface area contributed by atoms with E-state index in [1.165, 1.54) is 22.3 Å². The zero-order chi connectivity index (χ0) is 17.9. The predicted molar refractivity (Wildman–Crippen MR) is 120 cm³/mol. The molecule has 0 amide bonds. The van der Waals surface area contributed by atoms with Gasteiger partial charge >= 0.3 is 32.7 Å². The van der Waals surface area contributed by atoms with E-state index >= 15 is 0 Å². The average Bonchev–Trinajstić information content (AvgIpc) is 2.72. The van der Waals surface area contributed by atoms with Gasteiger partial charge in [-0.1, -0.05) is 7.43 Å². The van der Waals surface area contributed by atoms with Crippen LogP contribution in [0.5, 0.6) is 0 Å². The standard InChI is InChI=1S/2C13H10.CH4.CH3.2Y/c2*1-3-7-12(8-4-1)11-13-9-5-2-6-10-13;;;;/h2*1-7,9H,11H2;1H4;1H3;;/q2*-2;;-1;;+3. The van der Waals surface area contributed by atoms with Gasteiger partial charge in [-0.25, -0.2) is 0 Å². The first-order valence-electron chi connectivity index (χ1n) is 8.72. The van der Waals surface area contributed by atoms with E-state index in [-0.39, 0.29) is 80.3 Å².